The SMILES string of the molecule is C=CCn1c(SC[C@@H](C)C#N)nc2scc(-c3ccc(C)cc3)c2c1=O. The molecular formula is C20H19N3OS2. The van der Waals surface area contributed by atoms with Crippen LogP contribution in [0.4, 0.5) is 0 Å². The van der Waals surface area contributed by atoms with Crippen LogP contribution in [0.15, 0.2) is 52.3 Å². The number of thiophene rings is 1. The second kappa shape index (κ2) is 7.90. The van der Waals surface area contributed by atoms with Crippen LogP contribution in [0.2, 0.25) is 0 Å². The standard InChI is InChI=1S/C20H19N3OS2/c1-4-9-23-19(24)17-16(15-7-5-13(2)6-8-15)12-25-18(17)22-20(23)26-11-14(3)10-21/h4-8,12,14H,1,9,11H2,2-3H3/t14-/m0/s1. The predicted molar refractivity (Wildman–Crippen MR) is 110 cm³/mol. The Morgan fingerprint density at radius 3 is 2.81 bits per heavy atom. The first-order valence-electron chi connectivity index (χ1n) is 8.27. The number of rotatable bonds is 6. The maximum atomic E-state index is 13.2. The van der Waals surface area contributed by atoms with Crippen LogP contribution in [0.25, 0.3) is 21.3 Å². The van der Waals surface area contributed by atoms with Crippen LogP contribution in [0.1, 0.15) is 12.5 Å². The number of benzene rings is 1. The van der Waals surface area contributed by atoms with Crippen molar-refractivity contribution in [3.05, 3.63) is 58.2 Å². The number of thioether (sulfide) groups is 1. The minimum atomic E-state index is -0.101. The minimum absolute atomic E-state index is 0.0566. The predicted octanol–water partition coefficient (Wildman–Crippen LogP) is 4.87. The Balaban J connectivity index is 2.14. The van der Waals surface area contributed by atoms with E-state index in [0.717, 1.165) is 16.0 Å². The third-order valence-electron chi connectivity index (χ3n) is 4.02. The number of nitrogens with zero attached hydrogens (tertiary/aromatic N) is 3. The van der Waals surface area contributed by atoms with Crippen molar-refractivity contribution < 1.29 is 0 Å². The smallest absolute Gasteiger partial charge is 0.263 e. The molecule has 0 fully saturated rings. The fourth-order valence-electron chi connectivity index (χ4n) is 2.59. The van der Waals surface area contributed by atoms with E-state index in [1.165, 1.54) is 28.7 Å². The van der Waals surface area contributed by atoms with Crippen LogP contribution in [-0.4, -0.2) is 15.3 Å². The molecule has 4 nitrogen and oxygen atoms in total. The van der Waals surface area contributed by atoms with Gasteiger partial charge in [-0.1, -0.05) is 47.7 Å². The number of fused-ring (bicyclic) bond motifs is 1. The zero-order chi connectivity index (χ0) is 18.7. The molecule has 26 heavy (non-hydrogen) atoms. The van der Waals surface area contributed by atoms with Crippen molar-refractivity contribution in [2.24, 2.45) is 5.92 Å². The molecule has 1 aromatic carbocycles. The van der Waals surface area contributed by atoms with Crippen LogP contribution in [0, 0.1) is 24.2 Å². The van der Waals surface area contributed by atoms with Gasteiger partial charge in [-0.3, -0.25) is 9.36 Å². The first kappa shape index (κ1) is 18.4. The van der Waals surface area contributed by atoms with Gasteiger partial charge in [0.05, 0.1) is 17.4 Å². The average Bonchev–Trinajstić information content (AvgIpc) is 3.07. The second-order valence-corrected chi connectivity index (χ2v) is 7.98. The molecule has 3 aromatic rings. The van der Waals surface area contributed by atoms with Crippen LogP contribution < -0.4 is 5.56 Å². The Morgan fingerprint density at radius 1 is 1.42 bits per heavy atom. The van der Waals surface area contributed by atoms with Gasteiger partial charge in [0.2, 0.25) is 0 Å². The lowest BCUT2D eigenvalue weighted by Crippen LogP contribution is -2.22. The Bertz CT molecular complexity index is 1040. The van der Waals surface area contributed by atoms with Crippen molar-refractivity contribution in [3.8, 4) is 17.2 Å². The van der Waals surface area contributed by atoms with Gasteiger partial charge in [-0.05, 0) is 19.4 Å². The molecule has 2 aromatic heterocycles. The van der Waals surface area contributed by atoms with E-state index in [-0.39, 0.29) is 11.5 Å². The van der Waals surface area contributed by atoms with Gasteiger partial charge in [0.25, 0.3) is 5.56 Å². The van der Waals surface area contributed by atoms with Gasteiger partial charge in [0.15, 0.2) is 5.16 Å². The van der Waals surface area contributed by atoms with Crippen LogP contribution in [-0.2, 0) is 6.54 Å². The van der Waals surface area contributed by atoms with Gasteiger partial charge >= 0.3 is 0 Å². The Morgan fingerprint density at radius 2 is 2.15 bits per heavy atom. The zero-order valence-electron chi connectivity index (χ0n) is 14.7. The van der Waals surface area contributed by atoms with Crippen molar-refractivity contribution in [1.82, 2.24) is 9.55 Å². The number of hydrogen-bond acceptors (Lipinski definition) is 5. The summed E-state index contributed by atoms with van der Waals surface area (Å²) < 4.78 is 1.65. The van der Waals surface area contributed by atoms with Crippen LogP contribution in [0.5, 0.6) is 0 Å². The highest BCUT2D eigenvalue weighted by atomic mass is 32.2. The fourth-order valence-corrected chi connectivity index (χ4v) is 4.53. The lowest BCUT2D eigenvalue weighted by molar-refractivity contribution is 0.671. The fraction of sp³-hybridized carbons (Fsp3) is 0.250. The molecule has 132 valence electrons. The molecule has 0 aliphatic carbocycles. The quantitative estimate of drug-likeness (QED) is 0.347. The summed E-state index contributed by atoms with van der Waals surface area (Å²) in [6.45, 7) is 8.06. The molecule has 0 aliphatic heterocycles. The summed E-state index contributed by atoms with van der Waals surface area (Å²) in [5.41, 5.74) is 3.06. The molecule has 0 unspecified atom stereocenters. The van der Waals surface area contributed by atoms with E-state index in [9.17, 15) is 4.79 Å². The lowest BCUT2D eigenvalue weighted by atomic mass is 10.1. The van der Waals surface area contributed by atoms with Crippen molar-refractivity contribution in [2.75, 3.05) is 5.75 Å². The molecule has 3 rings (SSSR count). The molecule has 6 heteroatoms. The highest BCUT2D eigenvalue weighted by Crippen LogP contribution is 2.32. The van der Waals surface area contributed by atoms with Crippen molar-refractivity contribution >= 4 is 33.3 Å². The monoisotopic (exact) mass is 381 g/mol. The summed E-state index contributed by atoms with van der Waals surface area (Å²) >= 11 is 2.92. The normalized spacial score (nSPS) is 12.0. The first-order valence-corrected chi connectivity index (χ1v) is 10.1. The lowest BCUT2D eigenvalue weighted by Gasteiger charge is -2.11. The summed E-state index contributed by atoms with van der Waals surface area (Å²) in [5, 5.41) is 12.3. The van der Waals surface area contributed by atoms with Crippen LogP contribution in [0.3, 0.4) is 0 Å². The van der Waals surface area contributed by atoms with E-state index in [4.69, 9.17) is 10.2 Å². The van der Waals surface area contributed by atoms with E-state index in [1.54, 1.807) is 10.6 Å². The van der Waals surface area contributed by atoms with Gasteiger partial charge in [0, 0.05) is 23.2 Å². The molecule has 0 amide bonds. The average molecular weight is 382 g/mol. The molecule has 0 radical (unpaired) electrons. The van der Waals surface area contributed by atoms with Gasteiger partial charge in [-0.2, -0.15) is 5.26 Å². The van der Waals surface area contributed by atoms with Crippen LogP contribution >= 0.6 is 23.1 Å². The summed E-state index contributed by atoms with van der Waals surface area (Å²) in [7, 11) is 0. The number of nitriles is 1. The van der Waals surface area contributed by atoms with E-state index in [0.29, 0.717) is 22.8 Å². The van der Waals surface area contributed by atoms with Crippen molar-refractivity contribution in [3.63, 3.8) is 0 Å². The maximum absolute atomic E-state index is 13.2. The Labute approximate surface area is 160 Å². The summed E-state index contributed by atoms with van der Waals surface area (Å²) in [6, 6.07) is 10.4. The van der Waals surface area contributed by atoms with E-state index < -0.39 is 0 Å². The summed E-state index contributed by atoms with van der Waals surface area (Å²) in [5.74, 6) is 0.498. The summed E-state index contributed by atoms with van der Waals surface area (Å²) in [4.78, 5) is 18.6. The molecule has 0 N–H and O–H groups in total. The molecule has 0 spiro atoms. The highest BCUT2D eigenvalue weighted by molar-refractivity contribution is 7.99. The number of aromatic nitrogens is 2. The van der Waals surface area contributed by atoms with Gasteiger partial charge in [0.1, 0.15) is 4.83 Å². The molecule has 1 atom stereocenters. The van der Waals surface area contributed by atoms with E-state index in [2.05, 4.69) is 12.6 Å². The minimum Gasteiger partial charge on any atom is -0.283 e. The Kier molecular flexibility index (Phi) is 5.60. The maximum Gasteiger partial charge on any atom is 0.263 e. The molecule has 0 bridgehead atoms. The zero-order valence-corrected chi connectivity index (χ0v) is 16.4. The van der Waals surface area contributed by atoms with Gasteiger partial charge < -0.3 is 0 Å². The Hall–Kier alpha value is -2.36. The molecule has 0 saturated heterocycles. The second-order valence-electron chi connectivity index (χ2n) is 6.14. The number of hydrogen-bond donors (Lipinski definition) is 0. The molecular weight excluding hydrogens is 362 g/mol. The molecule has 2 heterocycles. The van der Waals surface area contributed by atoms with Gasteiger partial charge in [-0.15, -0.1) is 17.9 Å². The number of aryl methyl sites for hydroxylation is 1. The third-order valence-corrected chi connectivity index (χ3v) is 6.12. The first-order chi connectivity index (χ1) is 12.5. The largest absolute Gasteiger partial charge is 0.283 e. The van der Waals surface area contributed by atoms with E-state index >= 15 is 0 Å². The molecule has 0 saturated carbocycles. The van der Waals surface area contributed by atoms with Crippen molar-refractivity contribution in [2.45, 2.75) is 25.5 Å². The number of allylic oxidation sites excluding steroid dienone is 1. The van der Waals surface area contributed by atoms with Crippen molar-refractivity contribution in [1.29, 1.82) is 5.26 Å². The van der Waals surface area contributed by atoms with E-state index in [1.807, 2.05) is 43.5 Å². The highest BCUT2D eigenvalue weighted by Gasteiger charge is 2.17. The van der Waals surface area contributed by atoms with Gasteiger partial charge in [-0.25, -0.2) is 4.98 Å². The summed E-state index contributed by atoms with van der Waals surface area (Å²) in [6.07, 6.45) is 1.70. The topological polar surface area (TPSA) is 58.7 Å². The molecule has 0 aliphatic rings. The third kappa shape index (κ3) is 3.59.